The Kier molecular flexibility index (Phi) is 6.93. The van der Waals surface area contributed by atoms with Crippen LogP contribution in [0.1, 0.15) is 73.8 Å². The fourth-order valence-electron chi connectivity index (χ4n) is 5.58. The van der Waals surface area contributed by atoms with E-state index >= 15 is 0 Å². The molecule has 4 heterocycles. The first kappa shape index (κ1) is 24.1. The summed E-state index contributed by atoms with van der Waals surface area (Å²) in [4.78, 5) is 20.0. The van der Waals surface area contributed by atoms with Crippen LogP contribution in [-0.4, -0.2) is 43.3 Å². The van der Waals surface area contributed by atoms with E-state index in [9.17, 15) is 4.79 Å². The molecule has 1 aliphatic heterocycles. The van der Waals surface area contributed by atoms with Gasteiger partial charge in [-0.3, -0.25) is 9.69 Å². The van der Waals surface area contributed by atoms with Crippen molar-refractivity contribution in [1.82, 2.24) is 30.1 Å². The molecular weight excluding hydrogens is 488 g/mol. The highest BCUT2D eigenvalue weighted by Crippen LogP contribution is 2.36. The van der Waals surface area contributed by atoms with E-state index in [0.717, 1.165) is 49.0 Å². The van der Waals surface area contributed by atoms with Gasteiger partial charge in [0.1, 0.15) is 13.2 Å². The van der Waals surface area contributed by atoms with Crippen molar-refractivity contribution in [1.29, 1.82) is 0 Å². The Balaban J connectivity index is 1.38. The molecule has 0 unspecified atom stereocenters. The van der Waals surface area contributed by atoms with Crippen LogP contribution in [0.25, 0.3) is 10.9 Å². The first-order valence-corrected chi connectivity index (χ1v) is 14.1. The van der Waals surface area contributed by atoms with Crippen LogP contribution >= 0.6 is 11.3 Å². The van der Waals surface area contributed by atoms with E-state index in [4.69, 9.17) is 9.47 Å². The third kappa shape index (κ3) is 5.00. The molecule has 0 bridgehead atoms. The minimum atomic E-state index is -0.0917. The van der Waals surface area contributed by atoms with Gasteiger partial charge in [0.15, 0.2) is 17.3 Å². The van der Waals surface area contributed by atoms with Crippen molar-refractivity contribution >= 4 is 22.2 Å². The second kappa shape index (κ2) is 10.6. The number of thiophene rings is 1. The quantitative estimate of drug-likeness (QED) is 0.331. The molecule has 1 N–H and O–H groups in total. The number of benzene rings is 1. The Hall–Kier alpha value is -3.24. The lowest BCUT2D eigenvalue weighted by Crippen LogP contribution is -2.33. The maximum absolute atomic E-state index is 13.3. The van der Waals surface area contributed by atoms with Gasteiger partial charge in [-0.2, -0.15) is 0 Å². The largest absolute Gasteiger partial charge is 0.486 e. The molecule has 1 saturated carbocycles. The molecule has 10 heteroatoms. The number of hydrogen-bond donors (Lipinski definition) is 1. The summed E-state index contributed by atoms with van der Waals surface area (Å²) in [5, 5.41) is 16.1. The molecule has 0 radical (unpaired) electrons. The molecule has 0 amide bonds. The Bertz CT molecular complexity index is 1410. The predicted octanol–water partition coefficient (Wildman–Crippen LogP) is 5.01. The highest BCUT2D eigenvalue weighted by molar-refractivity contribution is 7.09. The zero-order valence-corrected chi connectivity index (χ0v) is 21.9. The van der Waals surface area contributed by atoms with E-state index < -0.39 is 0 Å². The van der Waals surface area contributed by atoms with Gasteiger partial charge >= 0.3 is 0 Å². The van der Waals surface area contributed by atoms with E-state index in [-0.39, 0.29) is 11.6 Å². The van der Waals surface area contributed by atoms with E-state index in [1.807, 2.05) is 18.2 Å². The average molecular weight is 521 g/mol. The van der Waals surface area contributed by atoms with Crippen LogP contribution < -0.4 is 15.0 Å². The number of H-pyrrole nitrogens is 1. The second-order valence-electron chi connectivity index (χ2n) is 9.92. The molecule has 3 aromatic heterocycles. The number of nitrogens with zero attached hydrogens (tertiary/aromatic N) is 5. The van der Waals surface area contributed by atoms with E-state index in [1.54, 1.807) is 11.3 Å². The van der Waals surface area contributed by atoms with Crippen molar-refractivity contribution in [3.05, 3.63) is 62.3 Å². The molecular formula is C27H32N6O3S. The monoisotopic (exact) mass is 520 g/mol. The molecule has 1 fully saturated rings. The molecule has 37 heavy (non-hydrogen) atoms. The van der Waals surface area contributed by atoms with Crippen molar-refractivity contribution in [2.75, 3.05) is 13.2 Å². The summed E-state index contributed by atoms with van der Waals surface area (Å²) < 4.78 is 13.5. The predicted molar refractivity (Wildman–Crippen MR) is 142 cm³/mol. The highest BCUT2D eigenvalue weighted by Gasteiger charge is 2.30. The van der Waals surface area contributed by atoms with Crippen molar-refractivity contribution < 1.29 is 9.47 Å². The number of aromatic amines is 1. The van der Waals surface area contributed by atoms with Gasteiger partial charge in [0.05, 0.1) is 17.6 Å². The molecule has 194 valence electrons. The summed E-state index contributed by atoms with van der Waals surface area (Å²) in [6, 6.07) is 10.4. The minimum Gasteiger partial charge on any atom is -0.486 e. The van der Waals surface area contributed by atoms with Crippen LogP contribution in [0, 0.1) is 0 Å². The van der Waals surface area contributed by atoms with Crippen molar-refractivity contribution in [3.8, 4) is 11.5 Å². The molecule has 1 aromatic carbocycles. The topological polar surface area (TPSA) is 98.2 Å². The third-order valence-electron chi connectivity index (χ3n) is 7.39. The Labute approximate surface area is 219 Å². The maximum atomic E-state index is 13.3. The molecule has 6 rings (SSSR count). The normalized spacial score (nSPS) is 16.6. The summed E-state index contributed by atoms with van der Waals surface area (Å²) in [6.45, 7) is 4.43. The van der Waals surface area contributed by atoms with Crippen LogP contribution in [0.15, 0.2) is 40.5 Å². The van der Waals surface area contributed by atoms with E-state index in [2.05, 4.69) is 54.5 Å². The van der Waals surface area contributed by atoms with Crippen LogP contribution in [0.5, 0.6) is 11.5 Å². The van der Waals surface area contributed by atoms with E-state index in [0.29, 0.717) is 42.9 Å². The first-order valence-electron chi connectivity index (χ1n) is 13.2. The first-order chi connectivity index (χ1) is 18.2. The van der Waals surface area contributed by atoms with Gasteiger partial charge in [0.25, 0.3) is 5.56 Å². The highest BCUT2D eigenvalue weighted by atomic mass is 32.1. The Morgan fingerprint density at radius 2 is 1.97 bits per heavy atom. The lowest BCUT2D eigenvalue weighted by atomic mass is 10.1. The summed E-state index contributed by atoms with van der Waals surface area (Å²) in [5.41, 5.74) is 1.37. The SMILES string of the molecule is CCC[C@@H](c1nnnn1C1CCCC1)N(Cc1cccs1)Cc1cc2cc3c(cc2[nH]c1=O)OCCO3. The van der Waals surface area contributed by atoms with Gasteiger partial charge in [-0.05, 0) is 53.3 Å². The van der Waals surface area contributed by atoms with Crippen molar-refractivity contribution in [2.24, 2.45) is 0 Å². The number of hydrogen-bond acceptors (Lipinski definition) is 8. The van der Waals surface area contributed by atoms with Gasteiger partial charge in [0.2, 0.25) is 0 Å². The molecule has 1 atom stereocenters. The fraction of sp³-hybridized carbons (Fsp3) is 0.481. The average Bonchev–Trinajstić information content (AvgIpc) is 3.69. The lowest BCUT2D eigenvalue weighted by molar-refractivity contribution is 0.154. The number of tetrazole rings is 1. The van der Waals surface area contributed by atoms with Gasteiger partial charge in [-0.1, -0.05) is 32.3 Å². The van der Waals surface area contributed by atoms with Crippen molar-refractivity contribution in [3.63, 3.8) is 0 Å². The zero-order chi connectivity index (χ0) is 25.2. The van der Waals surface area contributed by atoms with Crippen LogP contribution in [0.3, 0.4) is 0 Å². The smallest absolute Gasteiger partial charge is 0.252 e. The Morgan fingerprint density at radius 3 is 2.73 bits per heavy atom. The second-order valence-corrected chi connectivity index (χ2v) is 10.9. The van der Waals surface area contributed by atoms with Gasteiger partial charge < -0.3 is 14.5 Å². The van der Waals surface area contributed by atoms with Gasteiger partial charge in [-0.15, -0.1) is 16.4 Å². The number of pyridine rings is 1. The number of rotatable bonds is 9. The number of nitrogens with one attached hydrogen (secondary N) is 1. The van der Waals surface area contributed by atoms with Crippen molar-refractivity contribution in [2.45, 2.75) is 70.6 Å². The summed E-state index contributed by atoms with van der Waals surface area (Å²) in [7, 11) is 0. The number of aromatic nitrogens is 5. The van der Waals surface area contributed by atoms with Gasteiger partial charge in [0, 0.05) is 35.0 Å². The standard InChI is InChI=1S/C27H32N6O3S/c1-2-6-23(26-29-30-31-33(26)20-7-3-4-8-20)32(17-21-9-5-12-37-21)16-19-13-18-14-24-25(36-11-10-35-24)15-22(18)28-27(19)34/h5,9,12-15,20,23H,2-4,6-8,10-11,16-17H2,1H3,(H,28,34)/t23-/m0/s1. The summed E-state index contributed by atoms with van der Waals surface area (Å²) >= 11 is 1.73. The molecule has 0 saturated heterocycles. The summed E-state index contributed by atoms with van der Waals surface area (Å²) in [6.07, 6.45) is 6.55. The molecule has 0 spiro atoms. The maximum Gasteiger partial charge on any atom is 0.252 e. The third-order valence-corrected chi connectivity index (χ3v) is 8.25. The fourth-order valence-corrected chi connectivity index (χ4v) is 6.31. The van der Waals surface area contributed by atoms with Gasteiger partial charge in [-0.25, -0.2) is 4.68 Å². The van der Waals surface area contributed by atoms with Crippen LogP contribution in [0.4, 0.5) is 0 Å². The zero-order valence-electron chi connectivity index (χ0n) is 21.1. The Morgan fingerprint density at radius 1 is 1.16 bits per heavy atom. The van der Waals surface area contributed by atoms with Crippen LogP contribution in [-0.2, 0) is 13.1 Å². The molecule has 4 aromatic rings. The molecule has 1 aliphatic carbocycles. The minimum absolute atomic E-state index is 0.00179. The lowest BCUT2D eigenvalue weighted by Gasteiger charge is -2.31. The molecule has 2 aliphatic rings. The number of ether oxygens (including phenoxy) is 2. The van der Waals surface area contributed by atoms with Crippen LogP contribution in [0.2, 0.25) is 0 Å². The summed E-state index contributed by atoms with van der Waals surface area (Å²) in [5.74, 6) is 2.29. The number of fused-ring (bicyclic) bond motifs is 2. The molecule has 9 nitrogen and oxygen atoms in total. The van der Waals surface area contributed by atoms with E-state index in [1.165, 1.54) is 17.7 Å².